The van der Waals surface area contributed by atoms with Gasteiger partial charge in [-0.25, -0.2) is 4.99 Å². The van der Waals surface area contributed by atoms with E-state index in [1.165, 1.54) is 12.1 Å². The van der Waals surface area contributed by atoms with E-state index in [1.807, 2.05) is 25.1 Å². The van der Waals surface area contributed by atoms with Crippen molar-refractivity contribution in [1.29, 1.82) is 0 Å². The fraction of sp³-hybridized carbons (Fsp3) is 0.381. The highest BCUT2D eigenvalue weighted by Gasteiger charge is 2.28. The first-order valence-electron chi connectivity index (χ1n) is 9.36. The molecule has 0 unspecified atom stereocenters. The smallest absolute Gasteiger partial charge is 0.422 e. The zero-order chi connectivity index (χ0) is 22.0. The lowest BCUT2D eigenvalue weighted by Gasteiger charge is -2.13. The van der Waals surface area contributed by atoms with Crippen molar-refractivity contribution < 1.29 is 27.4 Å². The number of hydrogen-bond donors (Lipinski definition) is 2. The zero-order valence-electron chi connectivity index (χ0n) is 17.6. The minimum absolute atomic E-state index is 0. The van der Waals surface area contributed by atoms with Gasteiger partial charge in [-0.2, -0.15) is 13.2 Å². The van der Waals surface area contributed by atoms with Crippen molar-refractivity contribution in [3.63, 3.8) is 0 Å². The van der Waals surface area contributed by atoms with Crippen molar-refractivity contribution in [2.45, 2.75) is 26.2 Å². The molecule has 0 fully saturated rings. The molecule has 0 saturated heterocycles. The monoisotopic (exact) mass is 553 g/mol. The number of benzene rings is 2. The molecule has 0 heterocycles. The molecule has 172 valence electrons. The summed E-state index contributed by atoms with van der Waals surface area (Å²) in [5.41, 5.74) is 1.84. The summed E-state index contributed by atoms with van der Waals surface area (Å²) >= 11 is 0. The molecule has 2 rings (SSSR count). The molecule has 0 amide bonds. The number of nitrogens with one attached hydrogen (secondary N) is 2. The van der Waals surface area contributed by atoms with Crippen LogP contribution < -0.4 is 24.8 Å². The summed E-state index contributed by atoms with van der Waals surface area (Å²) in [6.07, 6.45) is -4.36. The summed E-state index contributed by atoms with van der Waals surface area (Å²) in [5, 5.41) is 6.35. The van der Waals surface area contributed by atoms with E-state index in [0.29, 0.717) is 37.1 Å². The lowest BCUT2D eigenvalue weighted by atomic mass is 10.2. The van der Waals surface area contributed by atoms with E-state index in [2.05, 4.69) is 15.6 Å². The van der Waals surface area contributed by atoms with E-state index in [0.717, 1.165) is 11.1 Å². The molecule has 0 saturated carbocycles. The molecule has 0 aliphatic rings. The van der Waals surface area contributed by atoms with Crippen LogP contribution in [0.1, 0.15) is 18.1 Å². The zero-order valence-corrected chi connectivity index (χ0v) is 19.9. The number of halogens is 4. The summed E-state index contributed by atoms with van der Waals surface area (Å²) < 4.78 is 51.9. The van der Waals surface area contributed by atoms with Gasteiger partial charge in [0.25, 0.3) is 0 Å². The fourth-order valence-electron chi connectivity index (χ4n) is 2.55. The average molecular weight is 553 g/mol. The molecular formula is C21H27F3IN3O3. The number of alkyl halides is 3. The minimum Gasteiger partial charge on any atom is -0.493 e. The maximum Gasteiger partial charge on any atom is 0.422 e. The van der Waals surface area contributed by atoms with E-state index < -0.39 is 12.8 Å². The Labute approximate surface area is 197 Å². The highest BCUT2D eigenvalue weighted by molar-refractivity contribution is 14.0. The second kappa shape index (κ2) is 13.1. The van der Waals surface area contributed by atoms with Gasteiger partial charge in [0.1, 0.15) is 5.75 Å². The Kier molecular flexibility index (Phi) is 11.3. The molecule has 2 N–H and O–H groups in total. The normalized spacial score (nSPS) is 11.4. The SMILES string of the molecule is CCNC(=NCc1ccc(OC)c(OC)c1)NCc1ccc(OCC(F)(F)F)cc1.I. The standard InChI is InChI=1S/C21H26F3N3O3.HI/c1-4-25-20(27-13-16-7-10-18(28-2)19(11-16)29-3)26-12-15-5-8-17(9-6-15)30-14-21(22,23)24;/h5-11H,4,12-14H2,1-3H3,(H2,25,26,27);1H. The van der Waals surface area contributed by atoms with E-state index in [-0.39, 0.29) is 29.7 Å². The maximum absolute atomic E-state index is 12.2. The van der Waals surface area contributed by atoms with Crippen LogP contribution in [-0.4, -0.2) is 39.5 Å². The van der Waals surface area contributed by atoms with Crippen molar-refractivity contribution in [2.75, 3.05) is 27.4 Å². The highest BCUT2D eigenvalue weighted by atomic mass is 127. The quantitative estimate of drug-likeness (QED) is 0.272. The van der Waals surface area contributed by atoms with Crippen molar-refractivity contribution >= 4 is 29.9 Å². The number of methoxy groups -OCH3 is 2. The largest absolute Gasteiger partial charge is 0.493 e. The van der Waals surface area contributed by atoms with Crippen LogP contribution in [0.25, 0.3) is 0 Å². The second-order valence-electron chi connectivity index (χ2n) is 6.29. The van der Waals surface area contributed by atoms with Crippen LogP contribution in [0.3, 0.4) is 0 Å². The Balaban J connectivity index is 0.00000480. The van der Waals surface area contributed by atoms with Crippen molar-refractivity contribution in [3.8, 4) is 17.2 Å². The maximum atomic E-state index is 12.2. The molecule has 10 heteroatoms. The summed E-state index contributed by atoms with van der Waals surface area (Å²) in [6.45, 7) is 2.22. The Morgan fingerprint density at radius 2 is 1.58 bits per heavy atom. The number of hydrogen-bond acceptors (Lipinski definition) is 4. The summed E-state index contributed by atoms with van der Waals surface area (Å²) in [7, 11) is 3.16. The van der Waals surface area contributed by atoms with Crippen LogP contribution in [0.2, 0.25) is 0 Å². The van der Waals surface area contributed by atoms with Gasteiger partial charge in [-0.1, -0.05) is 18.2 Å². The predicted molar refractivity (Wildman–Crippen MR) is 125 cm³/mol. The van der Waals surface area contributed by atoms with Crippen LogP contribution >= 0.6 is 24.0 Å². The van der Waals surface area contributed by atoms with Crippen molar-refractivity contribution in [3.05, 3.63) is 53.6 Å². The Morgan fingerprint density at radius 3 is 2.16 bits per heavy atom. The van der Waals surface area contributed by atoms with Gasteiger partial charge in [0.15, 0.2) is 24.1 Å². The van der Waals surface area contributed by atoms with Crippen LogP contribution in [0.15, 0.2) is 47.5 Å². The Bertz CT molecular complexity index is 831. The number of aliphatic imine (C=N–C) groups is 1. The minimum atomic E-state index is -4.36. The van der Waals surface area contributed by atoms with E-state index >= 15 is 0 Å². The third-order valence-corrected chi connectivity index (χ3v) is 4.00. The lowest BCUT2D eigenvalue weighted by molar-refractivity contribution is -0.153. The van der Waals surface area contributed by atoms with Gasteiger partial charge >= 0.3 is 6.18 Å². The van der Waals surface area contributed by atoms with E-state index in [4.69, 9.17) is 14.2 Å². The van der Waals surface area contributed by atoms with Gasteiger partial charge in [-0.3, -0.25) is 0 Å². The second-order valence-corrected chi connectivity index (χ2v) is 6.29. The molecule has 0 radical (unpaired) electrons. The van der Waals surface area contributed by atoms with Gasteiger partial charge in [0.2, 0.25) is 0 Å². The first-order chi connectivity index (χ1) is 14.3. The van der Waals surface area contributed by atoms with Crippen molar-refractivity contribution in [1.82, 2.24) is 10.6 Å². The van der Waals surface area contributed by atoms with Gasteiger partial charge in [-0.15, -0.1) is 24.0 Å². The van der Waals surface area contributed by atoms with Gasteiger partial charge in [-0.05, 0) is 42.3 Å². The summed E-state index contributed by atoms with van der Waals surface area (Å²) in [6, 6.07) is 12.0. The average Bonchev–Trinajstić information content (AvgIpc) is 2.74. The molecule has 0 aliphatic carbocycles. The van der Waals surface area contributed by atoms with Gasteiger partial charge in [0, 0.05) is 13.1 Å². The summed E-state index contributed by atoms with van der Waals surface area (Å²) in [4.78, 5) is 4.55. The Hall–Kier alpha value is -2.37. The molecular weight excluding hydrogens is 526 g/mol. The Morgan fingerprint density at radius 1 is 0.935 bits per heavy atom. The van der Waals surface area contributed by atoms with Crippen LogP contribution in [0.4, 0.5) is 13.2 Å². The molecule has 0 aromatic heterocycles. The van der Waals surface area contributed by atoms with E-state index in [9.17, 15) is 13.2 Å². The first-order valence-corrected chi connectivity index (χ1v) is 9.36. The molecule has 0 aliphatic heterocycles. The topological polar surface area (TPSA) is 64.1 Å². The number of rotatable bonds is 9. The van der Waals surface area contributed by atoms with E-state index in [1.54, 1.807) is 26.4 Å². The predicted octanol–water partition coefficient (Wildman–Crippen LogP) is 4.52. The van der Waals surface area contributed by atoms with Crippen LogP contribution in [-0.2, 0) is 13.1 Å². The molecule has 31 heavy (non-hydrogen) atoms. The van der Waals surface area contributed by atoms with Crippen LogP contribution in [0.5, 0.6) is 17.2 Å². The van der Waals surface area contributed by atoms with Gasteiger partial charge < -0.3 is 24.8 Å². The highest BCUT2D eigenvalue weighted by Crippen LogP contribution is 2.27. The van der Waals surface area contributed by atoms with Gasteiger partial charge in [0.05, 0.1) is 20.8 Å². The molecule has 0 spiro atoms. The lowest BCUT2D eigenvalue weighted by Crippen LogP contribution is -2.36. The summed E-state index contributed by atoms with van der Waals surface area (Å²) in [5.74, 6) is 2.07. The molecule has 6 nitrogen and oxygen atoms in total. The number of guanidine groups is 1. The molecule has 2 aromatic rings. The first kappa shape index (κ1) is 26.7. The van der Waals surface area contributed by atoms with Crippen molar-refractivity contribution in [2.24, 2.45) is 4.99 Å². The fourth-order valence-corrected chi connectivity index (χ4v) is 2.55. The third kappa shape index (κ3) is 9.53. The number of ether oxygens (including phenoxy) is 3. The van der Waals surface area contributed by atoms with Crippen LogP contribution in [0, 0.1) is 0 Å². The molecule has 2 aromatic carbocycles. The third-order valence-electron chi connectivity index (χ3n) is 4.00. The number of nitrogens with zero attached hydrogens (tertiary/aromatic N) is 1. The molecule has 0 atom stereocenters. The molecule has 0 bridgehead atoms.